The van der Waals surface area contributed by atoms with Gasteiger partial charge in [-0.1, -0.05) is 264 Å². The van der Waals surface area contributed by atoms with Crippen molar-refractivity contribution < 1.29 is 9.53 Å². The molecule has 5 heteroatoms. The summed E-state index contributed by atoms with van der Waals surface area (Å²) >= 11 is 5.85. The van der Waals surface area contributed by atoms with Crippen LogP contribution >= 0.6 is 34.0 Å². The molecule has 626 valence electrons. The Balaban J connectivity index is 0.642. The number of fused-ring (bicyclic) bond motifs is 21. The van der Waals surface area contributed by atoms with Crippen LogP contribution in [-0.2, 0) is 26.4 Å². The predicted octanol–water partition coefficient (Wildman–Crippen LogP) is 34.8. The van der Waals surface area contributed by atoms with Gasteiger partial charge in [-0.05, 0) is 372 Å². The van der Waals surface area contributed by atoms with Gasteiger partial charge in [0.05, 0.1) is 5.56 Å². The summed E-state index contributed by atoms with van der Waals surface area (Å²) in [4.78, 5) is 18.2. The van der Waals surface area contributed by atoms with E-state index in [1.54, 1.807) is 28.3 Å². The largest absolute Gasteiger partial charge is 0.455 e. The van der Waals surface area contributed by atoms with Crippen LogP contribution in [0.1, 0.15) is 300 Å². The fourth-order valence-corrected chi connectivity index (χ4v) is 34.0. The summed E-state index contributed by atoms with van der Waals surface area (Å²) in [6, 6.07) is 79.2. The third kappa shape index (κ3) is 10.5. The molecule has 1 atom stereocenters. The molecule has 9 aromatic carbocycles. The van der Waals surface area contributed by atoms with E-state index in [9.17, 15) is 4.79 Å². The molecule has 0 saturated heterocycles. The van der Waals surface area contributed by atoms with Gasteiger partial charge in [-0.2, -0.15) is 0 Å². The molecule has 8 aliphatic rings. The van der Waals surface area contributed by atoms with Crippen LogP contribution in [0, 0.1) is 50.2 Å². The van der Waals surface area contributed by atoms with Gasteiger partial charge in [0, 0.05) is 50.6 Å². The first-order valence-corrected chi connectivity index (χ1v) is 49.8. The molecule has 0 bridgehead atoms. The molecule has 1 unspecified atom stereocenters. The maximum atomic E-state index is 13.1. The fraction of sp³-hybridized carbons (Fsp3) is 0.427. The van der Waals surface area contributed by atoms with E-state index >= 15 is 0 Å². The standard InChI is InChI=1S/C117H128O2S3/c1-20-82(21-2)119-105(118)74-35-33-73(34-36-74)99-52-53-100(120-99)79-41-49-86-84-45-37-75(63-92(84)114(94(86)67-79)106(12,13)58-59-107(114,14)15)76-38-46-85-87-50-42-80(68-95(87)115(93(85)64-76)108(16,17)60-61-109(115,18)19)101-70-103-104(121-101)71-102(122-103)81-43-51-90-89-48-40-78(66-97(89)117(98(90)69-81)112(26-7,27-8)56-31-57-113(117,28-9)29-10)77-39-47-88-83-44-32-72(11)62-91(83)116(96(88)65-77)110(22-3,23-4)54-30-55-111(116,24-5)25-6/h20,32-53,62-71,82H,1,21-31,54-61H2,2-19H3. The molecule has 12 aromatic rings. The van der Waals surface area contributed by atoms with Crippen molar-refractivity contribution >= 4 is 49.4 Å². The van der Waals surface area contributed by atoms with Gasteiger partial charge < -0.3 is 4.74 Å². The van der Waals surface area contributed by atoms with Gasteiger partial charge in [0.25, 0.3) is 0 Å². The minimum atomic E-state index is -0.316. The summed E-state index contributed by atoms with van der Waals surface area (Å²) in [5.41, 5.74) is 36.2. The molecule has 4 fully saturated rings. The first-order valence-electron chi connectivity index (χ1n) is 47.3. The van der Waals surface area contributed by atoms with Crippen LogP contribution in [0.15, 0.2) is 207 Å². The van der Waals surface area contributed by atoms with E-state index in [-0.39, 0.29) is 77.1 Å². The topological polar surface area (TPSA) is 26.3 Å². The minimum absolute atomic E-state index is 0.0100. The Kier molecular flexibility index (Phi) is 19.1. The number of rotatable bonds is 18. The average Bonchev–Trinajstić information content (AvgIpc) is 1.47. The maximum Gasteiger partial charge on any atom is 0.338 e. The van der Waals surface area contributed by atoms with Crippen LogP contribution in [0.5, 0.6) is 0 Å². The van der Waals surface area contributed by atoms with Gasteiger partial charge >= 0.3 is 5.97 Å². The number of thiophene rings is 3. The van der Waals surface area contributed by atoms with Crippen LogP contribution in [0.4, 0.5) is 0 Å². The highest BCUT2D eigenvalue weighted by Crippen LogP contribution is 2.79. The van der Waals surface area contributed by atoms with Gasteiger partial charge in [-0.15, -0.1) is 34.0 Å². The Morgan fingerprint density at radius 3 is 0.902 bits per heavy atom. The SMILES string of the molecule is C=CC(CC)OC(=O)c1ccc(-c2ccc(-c3ccc4c(c3)C3(c5cc(-c6ccc7c(c6)C6(c8cc(-c9cc%10sc(-c%11ccc%12c(c%11)C%11(c%13cc(-c%14ccc%15c(c%14)C%14(c%16cc(C)ccc%16-%15)C(CC)(CC)CCCC%14(CC)CC)ccc%13-%12)C(CC)(CC)CCCC%11(CC)CC)cc%10s9)ccc8-7)C(C)(C)CCC6(C)C)ccc5-4)C(C)(C)CCC3(C)C)s2)cc1. The highest BCUT2D eigenvalue weighted by molar-refractivity contribution is 7.31. The Bertz CT molecular complexity index is 6150. The van der Waals surface area contributed by atoms with E-state index in [1.807, 2.05) is 53.1 Å². The van der Waals surface area contributed by atoms with Crippen LogP contribution in [0.25, 0.3) is 118 Å². The summed E-state index contributed by atoms with van der Waals surface area (Å²) in [5.74, 6) is -0.316. The van der Waals surface area contributed by atoms with Crippen molar-refractivity contribution in [1.29, 1.82) is 0 Å². The fourth-order valence-electron chi connectivity index (χ4n) is 30.6. The Morgan fingerprint density at radius 1 is 0.320 bits per heavy atom. The van der Waals surface area contributed by atoms with Crippen molar-refractivity contribution in [3.05, 3.63) is 262 Å². The molecule has 0 radical (unpaired) electrons. The molecule has 3 aromatic heterocycles. The summed E-state index contributed by atoms with van der Waals surface area (Å²) in [6.07, 6.45) is 23.9. The van der Waals surface area contributed by atoms with Crippen molar-refractivity contribution in [2.24, 2.45) is 43.3 Å². The van der Waals surface area contributed by atoms with Crippen LogP contribution in [0.3, 0.4) is 0 Å². The van der Waals surface area contributed by atoms with Crippen LogP contribution < -0.4 is 0 Å². The van der Waals surface area contributed by atoms with E-state index < -0.39 is 0 Å². The number of carbonyl (C=O) groups is 1. The molecule has 8 aliphatic carbocycles. The van der Waals surface area contributed by atoms with E-state index in [0.717, 1.165) is 44.1 Å². The normalized spacial score (nSPS) is 20.5. The average molecular weight is 1660 g/mol. The second-order valence-electron chi connectivity index (χ2n) is 41.8. The summed E-state index contributed by atoms with van der Waals surface area (Å²) in [6.45, 7) is 49.3. The number of hydrogen-bond acceptors (Lipinski definition) is 5. The molecular weight excluding hydrogens is 1530 g/mol. The van der Waals surface area contributed by atoms with Crippen molar-refractivity contribution in [2.45, 2.75) is 274 Å². The highest BCUT2D eigenvalue weighted by Gasteiger charge is 2.70. The Hall–Kier alpha value is -8.45. The number of ether oxygens (including phenoxy) is 1. The van der Waals surface area contributed by atoms with Crippen molar-refractivity contribution in [1.82, 2.24) is 0 Å². The second-order valence-corrected chi connectivity index (χ2v) is 45.1. The Labute approximate surface area is 741 Å². The molecular formula is C117H128O2S3. The zero-order valence-corrected chi connectivity index (χ0v) is 78.8. The molecule has 4 spiro atoms. The molecule has 4 saturated carbocycles. The quantitative estimate of drug-likeness (QED) is 0.0632. The number of aryl methyl sites for hydroxylation is 1. The number of carbonyl (C=O) groups excluding carboxylic acids is 1. The van der Waals surface area contributed by atoms with Crippen LogP contribution in [-0.4, -0.2) is 12.1 Å². The first-order chi connectivity index (χ1) is 58.6. The molecule has 122 heavy (non-hydrogen) atoms. The second kappa shape index (κ2) is 28.5. The third-order valence-corrected chi connectivity index (χ3v) is 40.0. The number of hydrogen-bond donors (Lipinski definition) is 0. The van der Waals surface area contributed by atoms with E-state index in [2.05, 4.69) is 306 Å². The van der Waals surface area contributed by atoms with Gasteiger partial charge in [-0.3, -0.25) is 0 Å². The molecule has 3 heterocycles. The van der Waals surface area contributed by atoms with Gasteiger partial charge in [0.2, 0.25) is 0 Å². The van der Waals surface area contributed by atoms with Gasteiger partial charge in [0.15, 0.2) is 0 Å². The zero-order valence-electron chi connectivity index (χ0n) is 76.3. The number of esters is 1. The summed E-state index contributed by atoms with van der Waals surface area (Å²) in [7, 11) is 0. The molecule has 0 N–H and O–H groups in total. The highest BCUT2D eigenvalue weighted by atomic mass is 32.1. The molecule has 0 amide bonds. The number of benzene rings is 9. The minimum Gasteiger partial charge on any atom is -0.455 e. The van der Waals surface area contributed by atoms with Gasteiger partial charge in [-0.25, -0.2) is 4.79 Å². The summed E-state index contributed by atoms with van der Waals surface area (Å²) in [5, 5.41) is 0. The zero-order chi connectivity index (χ0) is 85.2. The Morgan fingerprint density at radius 2 is 0.590 bits per heavy atom. The van der Waals surface area contributed by atoms with E-state index in [4.69, 9.17) is 4.74 Å². The lowest BCUT2D eigenvalue weighted by molar-refractivity contribution is -0.0509. The predicted molar refractivity (Wildman–Crippen MR) is 523 cm³/mol. The summed E-state index contributed by atoms with van der Waals surface area (Å²) < 4.78 is 8.48. The lowest BCUT2D eigenvalue weighted by Crippen LogP contribution is -2.59. The first kappa shape index (κ1) is 81.9. The molecule has 20 rings (SSSR count). The monoisotopic (exact) mass is 1660 g/mol. The van der Waals surface area contributed by atoms with E-state index in [1.165, 1.54) is 217 Å². The van der Waals surface area contributed by atoms with Crippen molar-refractivity contribution in [3.63, 3.8) is 0 Å². The van der Waals surface area contributed by atoms with Crippen molar-refractivity contribution in [3.8, 4) is 109 Å². The smallest absolute Gasteiger partial charge is 0.338 e. The molecule has 0 aliphatic heterocycles. The van der Waals surface area contributed by atoms with Gasteiger partial charge in [0.1, 0.15) is 6.10 Å². The van der Waals surface area contributed by atoms with Crippen LogP contribution in [0.2, 0.25) is 0 Å². The van der Waals surface area contributed by atoms with E-state index in [0.29, 0.717) is 12.0 Å². The lowest BCUT2D eigenvalue weighted by atomic mass is 9.39. The maximum absolute atomic E-state index is 13.1. The van der Waals surface area contributed by atoms with Crippen molar-refractivity contribution in [2.75, 3.05) is 0 Å². The lowest BCUT2D eigenvalue weighted by Gasteiger charge is -2.64. The third-order valence-electron chi connectivity index (χ3n) is 36.4. The molecule has 2 nitrogen and oxygen atoms in total.